The van der Waals surface area contributed by atoms with Gasteiger partial charge in [0.05, 0.1) is 15.6 Å². The van der Waals surface area contributed by atoms with E-state index in [0.29, 0.717) is 16.4 Å². The molecule has 20 heavy (non-hydrogen) atoms. The Bertz CT molecular complexity index is 737. The van der Waals surface area contributed by atoms with Crippen LogP contribution < -0.4 is 10.5 Å². The Morgan fingerprint density at radius 2 is 1.95 bits per heavy atom. The first kappa shape index (κ1) is 14.6. The van der Waals surface area contributed by atoms with Gasteiger partial charge in [-0.05, 0) is 43.2 Å². The molecular weight excluding hydrogens is 298 g/mol. The fourth-order valence-electron chi connectivity index (χ4n) is 1.70. The van der Waals surface area contributed by atoms with Crippen molar-refractivity contribution in [1.82, 2.24) is 4.98 Å². The zero-order valence-electron chi connectivity index (χ0n) is 11.0. The first-order valence-electron chi connectivity index (χ1n) is 5.81. The van der Waals surface area contributed by atoms with Crippen LogP contribution in [0.1, 0.15) is 11.1 Å². The molecule has 1 aromatic carbocycles. The molecule has 106 valence electrons. The quantitative estimate of drug-likeness (QED) is 0.853. The third-order valence-electron chi connectivity index (χ3n) is 2.81. The molecule has 0 saturated carbocycles. The van der Waals surface area contributed by atoms with Gasteiger partial charge >= 0.3 is 0 Å². The standard InChI is InChI=1S/C13H14ClN3O2S/c1-8-4-3-5-16-13(8)17-20(18,19)10-6-9(2)12(14)11(15)7-10/h3-7H,15H2,1-2H3,(H,16,17). The summed E-state index contributed by atoms with van der Waals surface area (Å²) in [6, 6.07) is 6.30. The van der Waals surface area contributed by atoms with Gasteiger partial charge in [0.1, 0.15) is 5.82 Å². The van der Waals surface area contributed by atoms with Gasteiger partial charge in [-0.3, -0.25) is 4.72 Å². The van der Waals surface area contributed by atoms with Crippen LogP contribution in [0.2, 0.25) is 5.02 Å². The first-order valence-corrected chi connectivity index (χ1v) is 7.67. The van der Waals surface area contributed by atoms with E-state index in [9.17, 15) is 8.42 Å². The number of hydrogen-bond acceptors (Lipinski definition) is 4. The van der Waals surface area contributed by atoms with Gasteiger partial charge in [0.15, 0.2) is 0 Å². The van der Waals surface area contributed by atoms with E-state index in [1.165, 1.54) is 18.3 Å². The fraction of sp³-hybridized carbons (Fsp3) is 0.154. The van der Waals surface area contributed by atoms with Crippen LogP contribution in [0.15, 0.2) is 35.4 Å². The molecule has 1 aromatic heterocycles. The Morgan fingerprint density at radius 1 is 1.25 bits per heavy atom. The highest BCUT2D eigenvalue weighted by molar-refractivity contribution is 7.92. The molecule has 0 amide bonds. The highest BCUT2D eigenvalue weighted by Gasteiger charge is 2.18. The molecule has 0 fully saturated rings. The number of benzene rings is 1. The number of nitrogens with two attached hydrogens (primary N) is 1. The molecule has 1 heterocycles. The van der Waals surface area contributed by atoms with E-state index >= 15 is 0 Å². The molecule has 2 aromatic rings. The van der Waals surface area contributed by atoms with Gasteiger partial charge in [-0.15, -0.1) is 0 Å². The number of aryl methyl sites for hydroxylation is 2. The van der Waals surface area contributed by atoms with Crippen molar-refractivity contribution in [3.8, 4) is 0 Å². The molecule has 0 saturated heterocycles. The summed E-state index contributed by atoms with van der Waals surface area (Å²) < 4.78 is 27.1. The Morgan fingerprint density at radius 3 is 2.55 bits per heavy atom. The highest BCUT2D eigenvalue weighted by Crippen LogP contribution is 2.27. The van der Waals surface area contributed by atoms with Gasteiger partial charge in [-0.2, -0.15) is 0 Å². The molecule has 0 aliphatic rings. The van der Waals surface area contributed by atoms with Crippen LogP contribution in [0.3, 0.4) is 0 Å². The van der Waals surface area contributed by atoms with Gasteiger partial charge in [0, 0.05) is 6.20 Å². The number of nitrogens with one attached hydrogen (secondary N) is 1. The number of sulfonamides is 1. The molecule has 7 heteroatoms. The monoisotopic (exact) mass is 311 g/mol. The summed E-state index contributed by atoms with van der Waals surface area (Å²) in [5.74, 6) is 0.290. The third kappa shape index (κ3) is 2.86. The second-order valence-corrected chi connectivity index (χ2v) is 6.48. The second-order valence-electron chi connectivity index (χ2n) is 4.42. The van der Waals surface area contributed by atoms with E-state index in [1.54, 1.807) is 26.0 Å². The predicted molar refractivity (Wildman–Crippen MR) is 80.4 cm³/mol. The van der Waals surface area contributed by atoms with E-state index in [2.05, 4.69) is 9.71 Å². The number of hydrogen-bond donors (Lipinski definition) is 2. The van der Waals surface area contributed by atoms with Crippen molar-refractivity contribution in [3.63, 3.8) is 0 Å². The minimum absolute atomic E-state index is 0.0574. The van der Waals surface area contributed by atoms with Crippen LogP contribution in [-0.4, -0.2) is 13.4 Å². The van der Waals surface area contributed by atoms with Crippen LogP contribution in [0.5, 0.6) is 0 Å². The van der Waals surface area contributed by atoms with Crippen LogP contribution in [0, 0.1) is 13.8 Å². The fourth-order valence-corrected chi connectivity index (χ4v) is 3.01. The zero-order valence-corrected chi connectivity index (χ0v) is 12.6. The zero-order chi connectivity index (χ0) is 14.9. The Kier molecular flexibility index (Phi) is 3.87. The molecule has 2 rings (SSSR count). The van der Waals surface area contributed by atoms with Crippen LogP contribution in [0.4, 0.5) is 11.5 Å². The van der Waals surface area contributed by atoms with E-state index in [1.807, 2.05) is 0 Å². The summed E-state index contributed by atoms with van der Waals surface area (Å²) >= 11 is 5.93. The number of aromatic nitrogens is 1. The summed E-state index contributed by atoms with van der Waals surface area (Å²) in [5.41, 5.74) is 7.26. The lowest BCUT2D eigenvalue weighted by Gasteiger charge is -2.11. The summed E-state index contributed by atoms with van der Waals surface area (Å²) in [7, 11) is -3.75. The molecule has 0 bridgehead atoms. The van der Waals surface area contributed by atoms with Gasteiger partial charge in [0.2, 0.25) is 0 Å². The number of nitrogens with zero attached hydrogens (tertiary/aromatic N) is 1. The lowest BCUT2D eigenvalue weighted by atomic mass is 10.2. The van der Waals surface area contributed by atoms with Crippen molar-refractivity contribution in [2.45, 2.75) is 18.7 Å². The maximum Gasteiger partial charge on any atom is 0.263 e. The normalized spacial score (nSPS) is 11.3. The van der Waals surface area contributed by atoms with E-state index in [0.717, 1.165) is 5.56 Å². The van der Waals surface area contributed by atoms with Gasteiger partial charge < -0.3 is 5.73 Å². The average Bonchev–Trinajstić information content (AvgIpc) is 2.38. The summed E-state index contributed by atoms with van der Waals surface area (Å²) in [5, 5.41) is 0.359. The van der Waals surface area contributed by atoms with Crippen molar-refractivity contribution >= 4 is 33.1 Å². The Balaban J connectivity index is 2.44. The van der Waals surface area contributed by atoms with E-state index < -0.39 is 10.0 Å². The predicted octanol–water partition coefficient (Wildman–Crippen LogP) is 2.73. The van der Waals surface area contributed by atoms with Crippen molar-refractivity contribution in [3.05, 3.63) is 46.6 Å². The molecule has 0 aliphatic carbocycles. The van der Waals surface area contributed by atoms with Gasteiger partial charge in [-0.25, -0.2) is 13.4 Å². The number of anilines is 2. The average molecular weight is 312 g/mol. The third-order valence-corrected chi connectivity index (χ3v) is 4.64. The topological polar surface area (TPSA) is 85.1 Å². The summed E-state index contributed by atoms with van der Waals surface area (Å²) in [6.45, 7) is 3.47. The summed E-state index contributed by atoms with van der Waals surface area (Å²) in [6.07, 6.45) is 1.52. The van der Waals surface area contributed by atoms with Gasteiger partial charge in [-0.1, -0.05) is 17.7 Å². The molecular formula is C13H14ClN3O2S. The Hall–Kier alpha value is -1.79. The summed E-state index contributed by atoms with van der Waals surface area (Å²) in [4.78, 5) is 4.06. The van der Waals surface area contributed by atoms with E-state index in [4.69, 9.17) is 17.3 Å². The van der Waals surface area contributed by atoms with Crippen LogP contribution in [0.25, 0.3) is 0 Å². The lowest BCUT2D eigenvalue weighted by Crippen LogP contribution is -2.15. The van der Waals surface area contributed by atoms with Crippen LogP contribution >= 0.6 is 11.6 Å². The molecule has 0 spiro atoms. The van der Waals surface area contributed by atoms with Gasteiger partial charge in [0.25, 0.3) is 10.0 Å². The van der Waals surface area contributed by atoms with Crippen LogP contribution in [-0.2, 0) is 10.0 Å². The highest BCUT2D eigenvalue weighted by atomic mass is 35.5. The van der Waals surface area contributed by atoms with Crippen molar-refractivity contribution in [2.75, 3.05) is 10.5 Å². The van der Waals surface area contributed by atoms with Crippen molar-refractivity contribution in [1.29, 1.82) is 0 Å². The maximum atomic E-state index is 12.3. The maximum absolute atomic E-state index is 12.3. The molecule has 0 aliphatic heterocycles. The molecule has 0 radical (unpaired) electrons. The number of nitrogen functional groups attached to an aromatic ring is 1. The van der Waals surface area contributed by atoms with E-state index in [-0.39, 0.29) is 10.6 Å². The smallest absolute Gasteiger partial charge is 0.263 e. The minimum atomic E-state index is -3.75. The van der Waals surface area contributed by atoms with Crippen molar-refractivity contribution < 1.29 is 8.42 Å². The number of halogens is 1. The number of pyridine rings is 1. The largest absolute Gasteiger partial charge is 0.397 e. The SMILES string of the molecule is Cc1cccnc1NS(=O)(=O)c1cc(C)c(Cl)c(N)c1. The Labute approximate surface area is 122 Å². The number of rotatable bonds is 3. The molecule has 3 N–H and O–H groups in total. The molecule has 5 nitrogen and oxygen atoms in total. The lowest BCUT2D eigenvalue weighted by molar-refractivity contribution is 0.601. The molecule has 0 unspecified atom stereocenters. The second kappa shape index (κ2) is 5.30. The minimum Gasteiger partial charge on any atom is -0.397 e. The van der Waals surface area contributed by atoms with Crippen molar-refractivity contribution in [2.24, 2.45) is 0 Å². The molecule has 0 atom stereocenters. The first-order chi connectivity index (χ1) is 9.31.